The molecule has 1 N–H and O–H groups in total. The fourth-order valence-electron chi connectivity index (χ4n) is 2.21. The number of anilines is 1. The highest BCUT2D eigenvalue weighted by molar-refractivity contribution is 7.91. The summed E-state index contributed by atoms with van der Waals surface area (Å²) in [7, 11) is -3.25. The molecule has 0 spiro atoms. The molecule has 3 rings (SSSR count). The molecule has 2 aromatic rings. The summed E-state index contributed by atoms with van der Waals surface area (Å²) in [5, 5.41) is 3.02. The Balaban J connectivity index is 1.94. The summed E-state index contributed by atoms with van der Waals surface area (Å²) < 4.78 is 36.8. The number of aromatic nitrogens is 1. The van der Waals surface area contributed by atoms with Crippen molar-refractivity contribution in [3.8, 4) is 0 Å². The zero-order valence-corrected chi connectivity index (χ0v) is 10.7. The van der Waals surface area contributed by atoms with Crippen LogP contribution < -0.4 is 5.32 Å². The number of rotatable bonds is 2. The molecule has 1 aromatic carbocycles. The molecule has 2 heterocycles. The highest BCUT2D eigenvalue weighted by Gasteiger charge is 2.34. The fraction of sp³-hybridized carbons (Fsp3) is 0.154. The van der Waals surface area contributed by atoms with Crippen LogP contribution in [-0.2, 0) is 9.84 Å². The van der Waals surface area contributed by atoms with Crippen molar-refractivity contribution in [2.75, 3.05) is 11.1 Å². The SMILES string of the molecule is O=S1(=O)CC(Nc2ccc(F)cn2)c2ccccc21. The van der Waals surface area contributed by atoms with Crippen LogP contribution in [0.3, 0.4) is 0 Å². The van der Waals surface area contributed by atoms with Crippen molar-refractivity contribution in [2.24, 2.45) is 0 Å². The summed E-state index contributed by atoms with van der Waals surface area (Å²) in [6, 6.07) is 9.31. The van der Waals surface area contributed by atoms with Gasteiger partial charge in [-0.05, 0) is 23.8 Å². The van der Waals surface area contributed by atoms with E-state index < -0.39 is 15.7 Å². The van der Waals surface area contributed by atoms with E-state index in [1.54, 1.807) is 24.3 Å². The molecule has 0 bridgehead atoms. The first-order valence-corrected chi connectivity index (χ1v) is 7.41. The second kappa shape index (κ2) is 4.31. The second-order valence-electron chi connectivity index (χ2n) is 4.38. The average molecular weight is 278 g/mol. The Morgan fingerprint density at radius 1 is 1.21 bits per heavy atom. The number of hydrogen-bond acceptors (Lipinski definition) is 4. The molecular weight excluding hydrogens is 267 g/mol. The smallest absolute Gasteiger partial charge is 0.181 e. The van der Waals surface area contributed by atoms with Crippen LogP contribution in [0, 0.1) is 5.82 Å². The minimum atomic E-state index is -3.25. The summed E-state index contributed by atoms with van der Waals surface area (Å²) in [6.07, 6.45) is 1.09. The molecule has 1 aliphatic rings. The molecule has 6 heteroatoms. The van der Waals surface area contributed by atoms with Gasteiger partial charge >= 0.3 is 0 Å². The molecule has 4 nitrogen and oxygen atoms in total. The molecule has 0 saturated heterocycles. The second-order valence-corrected chi connectivity index (χ2v) is 6.38. The third-order valence-corrected chi connectivity index (χ3v) is 4.88. The molecule has 0 saturated carbocycles. The van der Waals surface area contributed by atoms with Crippen LogP contribution >= 0.6 is 0 Å². The van der Waals surface area contributed by atoms with Gasteiger partial charge < -0.3 is 5.32 Å². The maximum Gasteiger partial charge on any atom is 0.181 e. The van der Waals surface area contributed by atoms with E-state index in [0.29, 0.717) is 10.7 Å². The molecule has 1 aromatic heterocycles. The highest BCUT2D eigenvalue weighted by atomic mass is 32.2. The van der Waals surface area contributed by atoms with Gasteiger partial charge in [-0.1, -0.05) is 18.2 Å². The van der Waals surface area contributed by atoms with Crippen molar-refractivity contribution in [3.63, 3.8) is 0 Å². The lowest BCUT2D eigenvalue weighted by Gasteiger charge is -2.12. The molecule has 0 amide bonds. The Morgan fingerprint density at radius 3 is 2.74 bits per heavy atom. The van der Waals surface area contributed by atoms with Crippen LogP contribution in [0.5, 0.6) is 0 Å². The van der Waals surface area contributed by atoms with E-state index in [1.165, 1.54) is 12.1 Å². The van der Waals surface area contributed by atoms with E-state index in [0.717, 1.165) is 11.8 Å². The third kappa shape index (κ3) is 2.19. The Morgan fingerprint density at radius 2 is 2.00 bits per heavy atom. The van der Waals surface area contributed by atoms with E-state index in [1.807, 2.05) is 0 Å². The van der Waals surface area contributed by atoms with E-state index >= 15 is 0 Å². The first-order valence-electron chi connectivity index (χ1n) is 5.76. The molecular formula is C13H11FN2O2S. The van der Waals surface area contributed by atoms with Gasteiger partial charge in [0.05, 0.1) is 22.9 Å². The van der Waals surface area contributed by atoms with Gasteiger partial charge in [0.1, 0.15) is 11.6 Å². The number of benzene rings is 1. The Labute approximate surface area is 110 Å². The fourth-order valence-corrected chi connectivity index (χ4v) is 3.95. The van der Waals surface area contributed by atoms with Crippen LogP contribution in [0.1, 0.15) is 11.6 Å². The van der Waals surface area contributed by atoms with Crippen molar-refractivity contribution in [2.45, 2.75) is 10.9 Å². The first kappa shape index (κ1) is 12.1. The van der Waals surface area contributed by atoms with Gasteiger partial charge in [0.2, 0.25) is 0 Å². The monoisotopic (exact) mass is 278 g/mol. The Kier molecular flexibility index (Phi) is 2.74. The van der Waals surface area contributed by atoms with Crippen LogP contribution in [0.15, 0.2) is 47.5 Å². The molecule has 0 radical (unpaired) electrons. The van der Waals surface area contributed by atoms with Crippen molar-refractivity contribution < 1.29 is 12.8 Å². The van der Waals surface area contributed by atoms with Gasteiger partial charge in [0.15, 0.2) is 9.84 Å². The lowest BCUT2D eigenvalue weighted by atomic mass is 10.1. The van der Waals surface area contributed by atoms with Crippen molar-refractivity contribution in [1.82, 2.24) is 4.98 Å². The summed E-state index contributed by atoms with van der Waals surface area (Å²) in [5.41, 5.74) is 0.730. The van der Waals surface area contributed by atoms with Gasteiger partial charge in [-0.15, -0.1) is 0 Å². The third-order valence-electron chi connectivity index (χ3n) is 3.07. The zero-order chi connectivity index (χ0) is 13.5. The summed E-state index contributed by atoms with van der Waals surface area (Å²) in [4.78, 5) is 4.24. The molecule has 1 aliphatic heterocycles. The number of pyridine rings is 1. The van der Waals surface area contributed by atoms with E-state index in [4.69, 9.17) is 0 Å². The van der Waals surface area contributed by atoms with Crippen LogP contribution in [0.2, 0.25) is 0 Å². The van der Waals surface area contributed by atoms with Gasteiger partial charge in [-0.2, -0.15) is 0 Å². The van der Waals surface area contributed by atoms with Crippen molar-refractivity contribution in [1.29, 1.82) is 0 Å². The lowest BCUT2D eigenvalue weighted by Crippen LogP contribution is -2.13. The summed E-state index contributed by atoms with van der Waals surface area (Å²) in [6.45, 7) is 0. The van der Waals surface area contributed by atoms with Crippen LogP contribution in [0.4, 0.5) is 10.2 Å². The standard InChI is InChI=1S/C13H11FN2O2S/c14-9-5-6-13(15-7-9)16-11-8-19(17,18)12-4-2-1-3-10(11)12/h1-7,11H,8H2,(H,15,16). The van der Waals surface area contributed by atoms with Crippen LogP contribution in [-0.4, -0.2) is 19.2 Å². The average Bonchev–Trinajstić information content (AvgIpc) is 2.65. The van der Waals surface area contributed by atoms with Gasteiger partial charge in [-0.25, -0.2) is 17.8 Å². The molecule has 19 heavy (non-hydrogen) atoms. The summed E-state index contributed by atoms with van der Waals surface area (Å²) in [5.74, 6) is 0.0223. The number of hydrogen-bond donors (Lipinski definition) is 1. The van der Waals surface area contributed by atoms with Gasteiger partial charge in [-0.3, -0.25) is 0 Å². The first-order chi connectivity index (χ1) is 9.06. The largest absolute Gasteiger partial charge is 0.362 e. The normalized spacial score (nSPS) is 19.9. The number of halogens is 1. The van der Waals surface area contributed by atoms with Crippen molar-refractivity contribution >= 4 is 15.7 Å². The lowest BCUT2D eigenvalue weighted by molar-refractivity contribution is 0.598. The highest BCUT2D eigenvalue weighted by Crippen LogP contribution is 2.34. The number of fused-ring (bicyclic) bond motifs is 1. The molecule has 98 valence electrons. The number of sulfone groups is 1. The Hall–Kier alpha value is -1.95. The van der Waals surface area contributed by atoms with Gasteiger partial charge in [0, 0.05) is 0 Å². The summed E-state index contributed by atoms with van der Waals surface area (Å²) >= 11 is 0. The maximum atomic E-state index is 12.8. The van der Waals surface area contributed by atoms with E-state index in [2.05, 4.69) is 10.3 Å². The molecule has 0 aliphatic carbocycles. The predicted molar refractivity (Wildman–Crippen MR) is 69.1 cm³/mol. The van der Waals surface area contributed by atoms with E-state index in [9.17, 15) is 12.8 Å². The van der Waals surface area contributed by atoms with Crippen LogP contribution in [0.25, 0.3) is 0 Å². The Bertz CT molecular complexity index is 714. The molecule has 1 unspecified atom stereocenters. The van der Waals surface area contributed by atoms with Crippen molar-refractivity contribution in [3.05, 3.63) is 54.0 Å². The topological polar surface area (TPSA) is 59.1 Å². The molecule has 1 atom stereocenters. The minimum absolute atomic E-state index is 0.00853. The number of nitrogens with one attached hydrogen (secondary N) is 1. The zero-order valence-electron chi connectivity index (χ0n) is 9.88. The van der Waals surface area contributed by atoms with E-state index in [-0.39, 0.29) is 11.8 Å². The minimum Gasteiger partial charge on any atom is -0.362 e. The predicted octanol–water partition coefficient (Wildman–Crippen LogP) is 2.16. The molecule has 0 fully saturated rings. The quantitative estimate of drug-likeness (QED) is 0.914. The number of nitrogens with zero attached hydrogens (tertiary/aromatic N) is 1. The van der Waals surface area contributed by atoms with Gasteiger partial charge in [0.25, 0.3) is 0 Å². The maximum absolute atomic E-state index is 12.8.